The van der Waals surface area contributed by atoms with Crippen molar-refractivity contribution in [1.82, 2.24) is 24.9 Å². The lowest BCUT2D eigenvalue weighted by Crippen LogP contribution is -2.11. The van der Waals surface area contributed by atoms with E-state index in [1.807, 2.05) is 60.6 Å². The fourth-order valence-corrected chi connectivity index (χ4v) is 5.30. The van der Waals surface area contributed by atoms with Crippen LogP contribution >= 0.6 is 11.3 Å². The van der Waals surface area contributed by atoms with Crippen LogP contribution in [0.15, 0.2) is 103 Å². The molecule has 4 heterocycles. The third-order valence-electron chi connectivity index (χ3n) is 6.98. The van der Waals surface area contributed by atoms with Crippen molar-refractivity contribution in [2.45, 2.75) is 26.7 Å². The summed E-state index contributed by atoms with van der Waals surface area (Å²) < 4.78 is 32.5. The molecule has 9 nitrogen and oxygen atoms in total. The number of halogens is 2. The summed E-state index contributed by atoms with van der Waals surface area (Å²) in [6.45, 7) is 3.52. The minimum Gasteiger partial charge on any atom is -0.454 e. The van der Waals surface area contributed by atoms with Crippen LogP contribution in [0.3, 0.4) is 0 Å². The van der Waals surface area contributed by atoms with Gasteiger partial charge in [0, 0.05) is 52.9 Å². The van der Waals surface area contributed by atoms with Crippen molar-refractivity contribution in [3.05, 3.63) is 148 Å². The van der Waals surface area contributed by atoms with E-state index in [0.717, 1.165) is 40.4 Å². The van der Waals surface area contributed by atoms with Crippen LogP contribution in [0.25, 0.3) is 0 Å². The van der Waals surface area contributed by atoms with E-state index in [9.17, 15) is 18.4 Å². The summed E-state index contributed by atoms with van der Waals surface area (Å²) in [5, 5.41) is 2.83. The third kappa shape index (κ3) is 9.17. The molecule has 6 rings (SSSR count). The van der Waals surface area contributed by atoms with Gasteiger partial charge >= 0.3 is 0 Å². The van der Waals surface area contributed by atoms with E-state index in [4.69, 9.17) is 4.74 Å². The molecule has 0 aliphatic carbocycles. The smallest absolute Gasteiger partial charge is 0.169 e. The molecule has 0 aliphatic heterocycles. The van der Waals surface area contributed by atoms with E-state index >= 15 is 0 Å². The Bertz CT molecular complexity index is 2030. The van der Waals surface area contributed by atoms with Gasteiger partial charge in [-0.05, 0) is 61.9 Å². The summed E-state index contributed by atoms with van der Waals surface area (Å²) in [5.41, 5.74) is 4.54. The number of hydrogen-bond acceptors (Lipinski definition) is 10. The van der Waals surface area contributed by atoms with Crippen molar-refractivity contribution in [3.8, 4) is 11.5 Å². The average Bonchev–Trinajstić information content (AvgIpc) is 3.51. The lowest BCUT2D eigenvalue weighted by molar-refractivity contribution is 0.0984. The van der Waals surface area contributed by atoms with Crippen LogP contribution < -0.4 is 9.64 Å². The molecule has 0 aliphatic rings. The fourth-order valence-electron chi connectivity index (χ4n) is 4.53. The number of carbonyl (C=O) groups excluding carboxylic acids is 2. The number of carbonyl (C=O) groups is 2. The average molecular weight is 665 g/mol. The van der Waals surface area contributed by atoms with E-state index < -0.39 is 11.6 Å². The molecule has 0 saturated heterocycles. The summed E-state index contributed by atoms with van der Waals surface area (Å²) in [4.78, 5) is 46.8. The lowest BCUT2D eigenvalue weighted by Gasteiger charge is -2.19. The maximum absolute atomic E-state index is 13.8. The Kier molecular flexibility index (Phi) is 11.0. The number of aryl methyl sites for hydroxylation is 2. The zero-order valence-electron chi connectivity index (χ0n) is 26.3. The molecule has 0 N–H and O–H groups in total. The highest BCUT2D eigenvalue weighted by Crippen LogP contribution is 2.25. The van der Waals surface area contributed by atoms with Crippen LogP contribution in [0.5, 0.6) is 11.5 Å². The number of thiazole rings is 1. The Hall–Kier alpha value is -5.75. The molecule has 4 aromatic heterocycles. The Morgan fingerprint density at radius 2 is 1.58 bits per heavy atom. The molecule has 48 heavy (non-hydrogen) atoms. The van der Waals surface area contributed by atoms with Gasteiger partial charge in [-0.3, -0.25) is 19.6 Å². The van der Waals surface area contributed by atoms with Crippen LogP contribution in [0.4, 0.5) is 20.2 Å². The third-order valence-corrected chi connectivity index (χ3v) is 7.94. The van der Waals surface area contributed by atoms with E-state index in [1.54, 1.807) is 19.3 Å². The lowest BCUT2D eigenvalue weighted by atomic mass is 10.0. The molecule has 0 bridgehead atoms. The molecule has 2 aromatic carbocycles. The number of benzene rings is 2. The van der Waals surface area contributed by atoms with E-state index in [-0.39, 0.29) is 29.3 Å². The van der Waals surface area contributed by atoms with Crippen LogP contribution in [0, 0.1) is 25.5 Å². The van der Waals surface area contributed by atoms with Gasteiger partial charge < -0.3 is 9.64 Å². The summed E-state index contributed by atoms with van der Waals surface area (Å²) in [5.74, 6) is -0.847. The predicted molar refractivity (Wildman–Crippen MR) is 179 cm³/mol. The number of hydrogen-bond donors (Lipinski definition) is 0. The number of ether oxygens (including phenoxy) is 1. The molecule has 0 fully saturated rings. The van der Waals surface area contributed by atoms with Crippen LogP contribution in [-0.4, -0.2) is 43.5 Å². The zero-order chi connectivity index (χ0) is 34.0. The second kappa shape index (κ2) is 15.7. The summed E-state index contributed by atoms with van der Waals surface area (Å²) in [6, 6.07) is 16.7. The minimum absolute atomic E-state index is 0.0710. The van der Waals surface area contributed by atoms with Crippen LogP contribution in [0.2, 0.25) is 0 Å². The van der Waals surface area contributed by atoms with Crippen molar-refractivity contribution in [2.75, 3.05) is 11.9 Å². The molecule has 12 heteroatoms. The molecule has 0 saturated carbocycles. The Labute approximate surface area is 280 Å². The highest BCUT2D eigenvalue weighted by molar-refractivity contribution is 7.09. The Balaban J connectivity index is 0.000000188. The molecule has 0 amide bonds. The molecule has 0 spiro atoms. The number of anilines is 2. The highest BCUT2D eigenvalue weighted by Gasteiger charge is 2.14. The van der Waals surface area contributed by atoms with Crippen LogP contribution in [-0.2, 0) is 12.8 Å². The largest absolute Gasteiger partial charge is 0.454 e. The number of rotatable bonds is 10. The highest BCUT2D eigenvalue weighted by atomic mass is 32.1. The van der Waals surface area contributed by atoms with Crippen molar-refractivity contribution >= 4 is 34.3 Å². The number of aromatic nitrogens is 5. The predicted octanol–water partition coefficient (Wildman–Crippen LogP) is 7.72. The van der Waals surface area contributed by atoms with E-state index in [0.29, 0.717) is 29.0 Å². The molecule has 242 valence electrons. The maximum Gasteiger partial charge on any atom is 0.169 e. The molecule has 6 aromatic rings. The van der Waals surface area contributed by atoms with Crippen molar-refractivity contribution < 1.29 is 23.1 Å². The van der Waals surface area contributed by atoms with Gasteiger partial charge in [0.25, 0.3) is 0 Å². The van der Waals surface area contributed by atoms with Gasteiger partial charge in [-0.2, -0.15) is 0 Å². The van der Waals surface area contributed by atoms with Crippen molar-refractivity contribution in [1.29, 1.82) is 0 Å². The second-order valence-corrected chi connectivity index (χ2v) is 11.6. The van der Waals surface area contributed by atoms with Crippen molar-refractivity contribution in [3.63, 3.8) is 0 Å². The first kappa shape index (κ1) is 33.6. The van der Waals surface area contributed by atoms with E-state index in [2.05, 4.69) is 24.9 Å². The van der Waals surface area contributed by atoms with Gasteiger partial charge in [-0.1, -0.05) is 12.1 Å². The molecular weight excluding hydrogens is 634 g/mol. The number of Topliss-reactive ketones (excluding diaryl/α,β-unsaturated/α-hetero) is 2. The van der Waals surface area contributed by atoms with Gasteiger partial charge in [0.1, 0.15) is 28.7 Å². The number of ketones is 2. The van der Waals surface area contributed by atoms with Crippen molar-refractivity contribution in [2.24, 2.45) is 0 Å². The number of nitrogens with zero attached hydrogens (tertiary/aromatic N) is 6. The van der Waals surface area contributed by atoms with Gasteiger partial charge in [0.15, 0.2) is 17.3 Å². The van der Waals surface area contributed by atoms with Gasteiger partial charge in [0.05, 0.1) is 43.3 Å². The molecule has 0 atom stereocenters. The first-order chi connectivity index (χ1) is 23.1. The second-order valence-electron chi connectivity index (χ2n) is 10.7. The van der Waals surface area contributed by atoms with Crippen LogP contribution in [0.1, 0.15) is 42.7 Å². The van der Waals surface area contributed by atoms with Gasteiger partial charge in [-0.15, -0.1) is 11.3 Å². The van der Waals surface area contributed by atoms with Gasteiger partial charge in [-0.25, -0.2) is 23.7 Å². The Morgan fingerprint density at radius 3 is 2.29 bits per heavy atom. The number of pyridine rings is 2. The summed E-state index contributed by atoms with van der Waals surface area (Å²) >= 11 is 1.53. The monoisotopic (exact) mass is 664 g/mol. The normalized spacial score (nSPS) is 10.5. The zero-order valence-corrected chi connectivity index (χ0v) is 27.1. The molecule has 0 unspecified atom stereocenters. The maximum atomic E-state index is 13.8. The summed E-state index contributed by atoms with van der Waals surface area (Å²) in [6.07, 6.45) is 9.06. The van der Waals surface area contributed by atoms with Gasteiger partial charge in [0.2, 0.25) is 0 Å². The Morgan fingerprint density at radius 1 is 0.812 bits per heavy atom. The van der Waals surface area contributed by atoms with E-state index in [1.165, 1.54) is 42.2 Å². The minimum atomic E-state index is -0.610. The quantitative estimate of drug-likeness (QED) is 0.136. The topological polar surface area (TPSA) is 111 Å². The SMILES string of the molecule is Cc1cc(CC(=O)c2cc(F)cc(Oc3cncnc3)c2)ncc1F.Cc1csc(CC(=O)c2cccc(N(C)c3cccnc3)c2)n1. The summed E-state index contributed by atoms with van der Waals surface area (Å²) in [7, 11) is 1.96. The fraction of sp³-hybridized carbons (Fsp3) is 0.139. The molecular formula is C36H30F2N6O3S. The first-order valence-electron chi connectivity index (χ1n) is 14.7. The molecule has 0 radical (unpaired) electrons. The standard InChI is InChI=1S/C18H13F2N3O2.C18H17N3OS/c1-11-2-14(23-9-17(11)20)6-18(24)12-3-13(19)5-15(4-12)25-16-7-21-10-22-8-16;1-13-12-23-18(20-13)10-17(22)14-5-3-6-15(9-14)21(2)16-7-4-8-19-11-16/h2-5,7-10H,6H2,1H3;3-9,11-12H,10H2,1-2H3. The first-order valence-corrected chi connectivity index (χ1v) is 15.6.